The number of esters is 1. The van der Waals surface area contributed by atoms with E-state index in [1.807, 2.05) is 0 Å². The summed E-state index contributed by atoms with van der Waals surface area (Å²) in [6.07, 6.45) is 1.69. The van der Waals surface area contributed by atoms with Crippen molar-refractivity contribution >= 4 is 28.2 Å². The molecule has 0 saturated carbocycles. The molecular formula is C16H16N2O4S. The van der Waals surface area contributed by atoms with Gasteiger partial charge in [-0.1, -0.05) is 18.2 Å². The van der Waals surface area contributed by atoms with E-state index in [1.165, 1.54) is 18.4 Å². The van der Waals surface area contributed by atoms with Crippen LogP contribution in [0.5, 0.6) is 5.75 Å². The number of aromatic nitrogens is 1. The number of rotatable bonds is 8. The Hall–Kier alpha value is -2.67. The number of nitrogens with one attached hydrogen (secondary N) is 1. The summed E-state index contributed by atoms with van der Waals surface area (Å²) in [7, 11) is 1.48. The maximum absolute atomic E-state index is 12.1. The molecule has 0 aliphatic heterocycles. The summed E-state index contributed by atoms with van der Waals surface area (Å²) in [5, 5.41) is 5.13. The van der Waals surface area contributed by atoms with Crippen molar-refractivity contribution in [2.75, 3.05) is 25.6 Å². The molecule has 1 aromatic carbocycles. The van der Waals surface area contributed by atoms with E-state index < -0.39 is 5.97 Å². The highest BCUT2D eigenvalue weighted by Crippen LogP contribution is 2.19. The highest BCUT2D eigenvalue weighted by molar-refractivity contribution is 7.13. The number of hydrogen-bond donors (Lipinski definition) is 1. The minimum atomic E-state index is -0.642. The lowest BCUT2D eigenvalue weighted by Gasteiger charge is -2.07. The number of anilines is 1. The van der Waals surface area contributed by atoms with Gasteiger partial charge in [0.1, 0.15) is 5.75 Å². The Balaban J connectivity index is 1.94. The lowest BCUT2D eigenvalue weighted by molar-refractivity contribution is 0.0469. The third-order valence-corrected chi connectivity index (χ3v) is 3.65. The topological polar surface area (TPSA) is 77.5 Å². The second kappa shape index (κ2) is 8.09. The Morgan fingerprint density at radius 2 is 2.17 bits per heavy atom. The van der Waals surface area contributed by atoms with Gasteiger partial charge in [0.2, 0.25) is 5.78 Å². The van der Waals surface area contributed by atoms with E-state index in [2.05, 4.69) is 16.9 Å². The van der Waals surface area contributed by atoms with Crippen molar-refractivity contribution in [1.82, 2.24) is 4.98 Å². The van der Waals surface area contributed by atoms with Gasteiger partial charge < -0.3 is 14.8 Å². The number of benzene rings is 1. The van der Waals surface area contributed by atoms with Crippen LogP contribution in [0.2, 0.25) is 0 Å². The van der Waals surface area contributed by atoms with Crippen LogP contribution in [0.4, 0.5) is 5.13 Å². The predicted molar refractivity (Wildman–Crippen MR) is 88.4 cm³/mol. The molecule has 0 spiro atoms. The first kappa shape index (κ1) is 16.7. The third-order valence-electron chi connectivity index (χ3n) is 2.85. The van der Waals surface area contributed by atoms with Crippen LogP contribution in [0.1, 0.15) is 20.8 Å². The van der Waals surface area contributed by atoms with Gasteiger partial charge in [-0.15, -0.1) is 17.9 Å². The average Bonchev–Trinajstić information content (AvgIpc) is 3.06. The van der Waals surface area contributed by atoms with Gasteiger partial charge in [-0.05, 0) is 12.1 Å². The molecule has 0 radical (unpaired) electrons. The van der Waals surface area contributed by atoms with Crippen LogP contribution < -0.4 is 10.1 Å². The number of thiazole rings is 1. The molecule has 0 unspecified atom stereocenters. The average molecular weight is 332 g/mol. The van der Waals surface area contributed by atoms with Gasteiger partial charge >= 0.3 is 5.97 Å². The quantitative estimate of drug-likeness (QED) is 0.455. The molecule has 7 heteroatoms. The van der Waals surface area contributed by atoms with Crippen LogP contribution in [0.15, 0.2) is 42.3 Å². The summed E-state index contributed by atoms with van der Waals surface area (Å²) in [5.41, 5.74) is 0.531. The number of Topliss-reactive ketones (excluding diaryl/α,β-unsaturated/α-hetero) is 1. The van der Waals surface area contributed by atoms with Gasteiger partial charge in [0.25, 0.3) is 0 Å². The van der Waals surface area contributed by atoms with Gasteiger partial charge in [-0.2, -0.15) is 0 Å². The SMILES string of the molecule is C=CCNc1nc(C(=O)OCC(=O)c2ccccc2OC)cs1. The lowest BCUT2D eigenvalue weighted by Crippen LogP contribution is -2.15. The summed E-state index contributed by atoms with van der Waals surface area (Å²) in [6, 6.07) is 6.77. The van der Waals surface area contributed by atoms with E-state index in [1.54, 1.807) is 35.7 Å². The number of methoxy groups -OCH3 is 1. The fraction of sp³-hybridized carbons (Fsp3) is 0.188. The van der Waals surface area contributed by atoms with E-state index in [9.17, 15) is 9.59 Å². The lowest BCUT2D eigenvalue weighted by atomic mass is 10.1. The zero-order valence-corrected chi connectivity index (χ0v) is 13.4. The van der Waals surface area contributed by atoms with Crippen molar-refractivity contribution in [3.05, 3.63) is 53.6 Å². The molecule has 1 aromatic heterocycles. The molecular weight excluding hydrogens is 316 g/mol. The van der Waals surface area contributed by atoms with Crippen molar-refractivity contribution < 1.29 is 19.1 Å². The van der Waals surface area contributed by atoms with E-state index >= 15 is 0 Å². The van der Waals surface area contributed by atoms with Gasteiger partial charge in [-0.25, -0.2) is 9.78 Å². The van der Waals surface area contributed by atoms with Crippen molar-refractivity contribution in [3.63, 3.8) is 0 Å². The van der Waals surface area contributed by atoms with Crippen molar-refractivity contribution in [1.29, 1.82) is 0 Å². The smallest absolute Gasteiger partial charge is 0.358 e. The van der Waals surface area contributed by atoms with Crippen LogP contribution in [0.25, 0.3) is 0 Å². The first-order chi connectivity index (χ1) is 11.2. The Labute approximate surface area is 137 Å². The van der Waals surface area contributed by atoms with Crippen molar-refractivity contribution in [2.45, 2.75) is 0 Å². The summed E-state index contributed by atoms with van der Waals surface area (Å²) in [6.45, 7) is 3.77. The van der Waals surface area contributed by atoms with Gasteiger partial charge in [0.15, 0.2) is 17.4 Å². The molecule has 1 heterocycles. The van der Waals surface area contributed by atoms with Crippen LogP contribution in [0, 0.1) is 0 Å². The number of para-hydroxylation sites is 1. The fourth-order valence-electron chi connectivity index (χ4n) is 1.77. The summed E-state index contributed by atoms with van der Waals surface area (Å²) in [4.78, 5) is 28.1. The highest BCUT2D eigenvalue weighted by atomic mass is 32.1. The Bertz CT molecular complexity index is 712. The number of hydrogen-bond acceptors (Lipinski definition) is 7. The van der Waals surface area contributed by atoms with Crippen LogP contribution in [0.3, 0.4) is 0 Å². The predicted octanol–water partition coefficient (Wildman–Crippen LogP) is 2.79. The molecule has 0 aliphatic carbocycles. The molecule has 23 heavy (non-hydrogen) atoms. The van der Waals surface area contributed by atoms with E-state index in [-0.39, 0.29) is 18.1 Å². The number of ketones is 1. The summed E-state index contributed by atoms with van der Waals surface area (Å²) < 4.78 is 10.1. The van der Waals surface area contributed by atoms with Crippen molar-refractivity contribution in [3.8, 4) is 5.75 Å². The van der Waals surface area contributed by atoms with Crippen molar-refractivity contribution in [2.24, 2.45) is 0 Å². The van der Waals surface area contributed by atoms with E-state index in [0.29, 0.717) is 23.0 Å². The zero-order chi connectivity index (χ0) is 16.7. The van der Waals surface area contributed by atoms with Gasteiger partial charge in [0.05, 0.1) is 12.7 Å². The number of carbonyl (C=O) groups excluding carboxylic acids is 2. The minimum absolute atomic E-state index is 0.161. The first-order valence-corrected chi connectivity index (χ1v) is 7.67. The molecule has 2 aromatic rings. The largest absolute Gasteiger partial charge is 0.496 e. The van der Waals surface area contributed by atoms with E-state index in [0.717, 1.165) is 0 Å². The molecule has 6 nitrogen and oxygen atoms in total. The van der Waals surface area contributed by atoms with Crippen LogP contribution >= 0.6 is 11.3 Å². The standard InChI is InChI=1S/C16H16N2O4S/c1-3-8-17-16-18-12(10-23-16)15(20)22-9-13(19)11-6-4-5-7-14(11)21-2/h3-7,10H,1,8-9H2,2H3,(H,17,18). The monoisotopic (exact) mass is 332 g/mol. The maximum Gasteiger partial charge on any atom is 0.358 e. The Kier molecular flexibility index (Phi) is 5.87. The second-order valence-corrected chi connectivity index (χ2v) is 5.27. The number of nitrogens with zero attached hydrogens (tertiary/aromatic N) is 1. The Morgan fingerprint density at radius 1 is 1.39 bits per heavy atom. The summed E-state index contributed by atoms with van der Waals surface area (Å²) >= 11 is 1.28. The molecule has 0 fully saturated rings. The van der Waals surface area contributed by atoms with Gasteiger partial charge in [0, 0.05) is 11.9 Å². The highest BCUT2D eigenvalue weighted by Gasteiger charge is 2.17. The third kappa shape index (κ3) is 4.40. The maximum atomic E-state index is 12.1. The first-order valence-electron chi connectivity index (χ1n) is 6.79. The van der Waals surface area contributed by atoms with Gasteiger partial charge in [-0.3, -0.25) is 4.79 Å². The molecule has 120 valence electrons. The molecule has 0 bridgehead atoms. The number of ether oxygens (including phenoxy) is 2. The Morgan fingerprint density at radius 3 is 2.91 bits per heavy atom. The zero-order valence-electron chi connectivity index (χ0n) is 12.6. The second-order valence-electron chi connectivity index (χ2n) is 4.41. The molecule has 0 saturated heterocycles. The van der Waals surface area contributed by atoms with Crippen LogP contribution in [-0.4, -0.2) is 37.0 Å². The fourth-order valence-corrected chi connectivity index (χ4v) is 2.46. The molecule has 1 N–H and O–H groups in total. The summed E-state index contributed by atoms with van der Waals surface area (Å²) in [5.74, 6) is -0.537. The molecule has 0 amide bonds. The van der Waals surface area contributed by atoms with E-state index in [4.69, 9.17) is 9.47 Å². The number of carbonyl (C=O) groups is 2. The minimum Gasteiger partial charge on any atom is -0.496 e. The molecule has 0 aliphatic rings. The normalized spacial score (nSPS) is 9.96. The van der Waals surface area contributed by atoms with Crippen LogP contribution in [-0.2, 0) is 4.74 Å². The molecule has 0 atom stereocenters. The molecule has 2 rings (SSSR count).